The first kappa shape index (κ1) is 17.8. The van der Waals surface area contributed by atoms with E-state index >= 15 is 0 Å². The van der Waals surface area contributed by atoms with Crippen LogP contribution in [0.2, 0.25) is 0 Å². The molecule has 1 unspecified atom stereocenters. The zero-order valence-corrected chi connectivity index (χ0v) is 14.8. The number of aliphatic hydroxyl groups is 1. The topological polar surface area (TPSA) is 57.6 Å². The van der Waals surface area contributed by atoms with Crippen molar-refractivity contribution in [3.63, 3.8) is 0 Å². The van der Waals surface area contributed by atoms with Gasteiger partial charge in [0.05, 0.1) is 23.8 Å². The number of morpholine rings is 1. The summed E-state index contributed by atoms with van der Waals surface area (Å²) in [7, 11) is 0. The van der Waals surface area contributed by atoms with Crippen molar-refractivity contribution in [1.82, 2.24) is 15.2 Å². The Morgan fingerprint density at radius 1 is 1.45 bits per heavy atom. The maximum absolute atomic E-state index is 10.5. The van der Waals surface area contributed by atoms with Crippen LogP contribution in [0, 0.1) is 5.92 Å². The van der Waals surface area contributed by atoms with E-state index in [9.17, 15) is 5.11 Å². The Labute approximate surface area is 137 Å². The number of hydrogen-bond acceptors (Lipinski definition) is 6. The van der Waals surface area contributed by atoms with Crippen molar-refractivity contribution in [2.75, 3.05) is 39.4 Å². The molecule has 1 aliphatic heterocycles. The van der Waals surface area contributed by atoms with Gasteiger partial charge in [0, 0.05) is 50.2 Å². The van der Waals surface area contributed by atoms with Crippen LogP contribution in [0.3, 0.4) is 0 Å². The first-order valence-electron chi connectivity index (χ1n) is 8.11. The van der Waals surface area contributed by atoms with Crippen LogP contribution in [0.5, 0.6) is 0 Å². The molecule has 1 aliphatic rings. The number of β-amino-alcohol motifs (C(OH)–C–C–N with tert-alkyl or cyclic N) is 1. The number of ether oxygens (including phenoxy) is 1. The molecule has 2 N–H and O–H groups in total. The average Bonchev–Trinajstić information content (AvgIpc) is 2.85. The SMILES string of the molecule is CC(C)Cc1ncc(CNCC(C)(O)CN2CCOCC2)s1. The minimum atomic E-state index is -0.719. The number of aromatic nitrogens is 1. The van der Waals surface area contributed by atoms with E-state index in [1.165, 1.54) is 9.88 Å². The fourth-order valence-corrected chi connectivity index (χ4v) is 3.73. The molecule has 126 valence electrons. The van der Waals surface area contributed by atoms with Crippen molar-refractivity contribution in [2.45, 2.75) is 39.3 Å². The van der Waals surface area contributed by atoms with Gasteiger partial charge in [0.15, 0.2) is 0 Å². The van der Waals surface area contributed by atoms with Gasteiger partial charge >= 0.3 is 0 Å². The molecule has 5 nitrogen and oxygen atoms in total. The van der Waals surface area contributed by atoms with E-state index in [2.05, 4.69) is 29.0 Å². The van der Waals surface area contributed by atoms with Gasteiger partial charge in [-0.05, 0) is 12.8 Å². The van der Waals surface area contributed by atoms with Crippen molar-refractivity contribution >= 4 is 11.3 Å². The molecule has 0 aromatic carbocycles. The van der Waals surface area contributed by atoms with E-state index in [4.69, 9.17) is 4.74 Å². The molecule has 0 saturated carbocycles. The molecule has 0 amide bonds. The summed E-state index contributed by atoms with van der Waals surface area (Å²) in [5, 5.41) is 15.1. The molecular weight excluding hydrogens is 298 g/mol. The second kappa shape index (κ2) is 8.36. The highest BCUT2D eigenvalue weighted by atomic mass is 32.1. The molecule has 2 heterocycles. The maximum Gasteiger partial charge on any atom is 0.0930 e. The largest absolute Gasteiger partial charge is 0.388 e. The lowest BCUT2D eigenvalue weighted by molar-refractivity contribution is -0.0219. The second-order valence-corrected chi connectivity index (χ2v) is 8.01. The first-order chi connectivity index (χ1) is 10.4. The van der Waals surface area contributed by atoms with Crippen molar-refractivity contribution < 1.29 is 9.84 Å². The highest BCUT2D eigenvalue weighted by Gasteiger charge is 2.24. The quantitative estimate of drug-likeness (QED) is 0.758. The molecule has 1 aromatic heterocycles. The van der Waals surface area contributed by atoms with E-state index in [0.29, 0.717) is 19.0 Å². The molecule has 0 spiro atoms. The monoisotopic (exact) mass is 327 g/mol. The highest BCUT2D eigenvalue weighted by molar-refractivity contribution is 7.11. The van der Waals surface area contributed by atoms with Crippen LogP contribution >= 0.6 is 11.3 Å². The third-order valence-electron chi connectivity index (χ3n) is 3.66. The predicted octanol–water partition coefficient (Wildman–Crippen LogP) is 1.51. The second-order valence-electron chi connectivity index (χ2n) is 6.81. The van der Waals surface area contributed by atoms with Crippen molar-refractivity contribution in [2.24, 2.45) is 5.92 Å². The lowest BCUT2D eigenvalue weighted by atomic mass is 10.1. The van der Waals surface area contributed by atoms with Gasteiger partial charge in [0.25, 0.3) is 0 Å². The standard InChI is InChI=1S/C16H29N3O2S/c1-13(2)8-15-18-10-14(22-15)9-17-11-16(3,20)12-19-4-6-21-7-5-19/h10,13,17,20H,4-9,11-12H2,1-3H3. The molecule has 0 bridgehead atoms. The number of rotatable bonds is 8. The van der Waals surface area contributed by atoms with Gasteiger partial charge in [-0.1, -0.05) is 13.8 Å². The molecule has 2 rings (SSSR count). The van der Waals surface area contributed by atoms with Gasteiger partial charge in [-0.25, -0.2) is 4.98 Å². The van der Waals surface area contributed by atoms with E-state index in [1.807, 2.05) is 13.1 Å². The lowest BCUT2D eigenvalue weighted by Gasteiger charge is -2.33. The summed E-state index contributed by atoms with van der Waals surface area (Å²) >= 11 is 1.77. The van der Waals surface area contributed by atoms with E-state index in [0.717, 1.165) is 39.3 Å². The van der Waals surface area contributed by atoms with Gasteiger partial charge < -0.3 is 15.2 Å². The summed E-state index contributed by atoms with van der Waals surface area (Å²) in [5.41, 5.74) is -0.719. The van der Waals surface area contributed by atoms with Crippen LogP contribution in [0.4, 0.5) is 0 Å². The van der Waals surface area contributed by atoms with Crippen molar-refractivity contribution in [3.8, 4) is 0 Å². The minimum Gasteiger partial charge on any atom is -0.388 e. The summed E-state index contributed by atoms with van der Waals surface area (Å²) in [6, 6.07) is 0. The van der Waals surface area contributed by atoms with Crippen LogP contribution in [-0.2, 0) is 17.7 Å². The molecule has 22 heavy (non-hydrogen) atoms. The average molecular weight is 327 g/mol. The summed E-state index contributed by atoms with van der Waals surface area (Å²) in [6.45, 7) is 11.7. The van der Waals surface area contributed by atoms with Gasteiger partial charge in [-0.3, -0.25) is 4.90 Å². The van der Waals surface area contributed by atoms with E-state index in [1.54, 1.807) is 11.3 Å². The Hall–Kier alpha value is -0.530. The third kappa shape index (κ3) is 6.30. The van der Waals surface area contributed by atoms with Gasteiger partial charge in [0.1, 0.15) is 0 Å². The molecule has 1 aromatic rings. The molecule has 0 radical (unpaired) electrons. The predicted molar refractivity (Wildman–Crippen MR) is 90.2 cm³/mol. The highest BCUT2D eigenvalue weighted by Crippen LogP contribution is 2.16. The van der Waals surface area contributed by atoms with Crippen molar-refractivity contribution in [1.29, 1.82) is 0 Å². The Morgan fingerprint density at radius 2 is 2.18 bits per heavy atom. The van der Waals surface area contributed by atoms with Crippen molar-refractivity contribution in [3.05, 3.63) is 16.1 Å². The number of thiazole rings is 1. The summed E-state index contributed by atoms with van der Waals surface area (Å²) in [6.07, 6.45) is 2.99. The molecule has 1 fully saturated rings. The fraction of sp³-hybridized carbons (Fsp3) is 0.812. The zero-order chi connectivity index (χ0) is 16.0. The Kier molecular flexibility index (Phi) is 6.77. The fourth-order valence-electron chi connectivity index (χ4n) is 2.63. The van der Waals surface area contributed by atoms with Gasteiger partial charge in [-0.15, -0.1) is 11.3 Å². The molecular formula is C16H29N3O2S. The zero-order valence-electron chi connectivity index (χ0n) is 14.0. The van der Waals surface area contributed by atoms with E-state index in [-0.39, 0.29) is 0 Å². The summed E-state index contributed by atoms with van der Waals surface area (Å²) < 4.78 is 5.34. The Balaban J connectivity index is 1.71. The first-order valence-corrected chi connectivity index (χ1v) is 8.93. The number of nitrogens with one attached hydrogen (secondary N) is 1. The normalized spacial score (nSPS) is 19.5. The van der Waals surface area contributed by atoms with Crippen LogP contribution in [0.1, 0.15) is 30.7 Å². The smallest absolute Gasteiger partial charge is 0.0930 e. The number of nitrogens with zero attached hydrogens (tertiary/aromatic N) is 2. The van der Waals surface area contributed by atoms with Crippen LogP contribution in [-0.4, -0.2) is 60.0 Å². The Bertz CT molecular complexity index is 442. The maximum atomic E-state index is 10.5. The minimum absolute atomic E-state index is 0.585. The molecule has 1 saturated heterocycles. The summed E-state index contributed by atoms with van der Waals surface area (Å²) in [4.78, 5) is 7.96. The lowest BCUT2D eigenvalue weighted by Crippen LogP contribution is -2.50. The van der Waals surface area contributed by atoms with Crippen LogP contribution in [0.25, 0.3) is 0 Å². The summed E-state index contributed by atoms with van der Waals surface area (Å²) in [5.74, 6) is 0.640. The molecule has 6 heteroatoms. The van der Waals surface area contributed by atoms with Gasteiger partial charge in [-0.2, -0.15) is 0 Å². The van der Waals surface area contributed by atoms with Crippen LogP contribution < -0.4 is 5.32 Å². The molecule has 0 aliphatic carbocycles. The Morgan fingerprint density at radius 3 is 2.86 bits per heavy atom. The van der Waals surface area contributed by atoms with Crippen LogP contribution in [0.15, 0.2) is 6.20 Å². The molecule has 1 atom stereocenters. The van der Waals surface area contributed by atoms with Gasteiger partial charge in [0.2, 0.25) is 0 Å². The number of hydrogen-bond donors (Lipinski definition) is 2. The third-order valence-corrected chi connectivity index (χ3v) is 4.68. The van der Waals surface area contributed by atoms with E-state index < -0.39 is 5.60 Å².